The molecule has 4 N–H and O–H groups in total. The van der Waals surface area contributed by atoms with E-state index in [0.29, 0.717) is 26.6 Å². The van der Waals surface area contributed by atoms with Crippen molar-refractivity contribution in [2.45, 2.75) is 55.6 Å². The van der Waals surface area contributed by atoms with Crippen molar-refractivity contribution in [3.8, 4) is 0 Å². The minimum absolute atomic E-state index is 0.124. The molecule has 1 saturated heterocycles. The van der Waals surface area contributed by atoms with E-state index in [1.54, 1.807) is 6.92 Å². The third-order valence-corrected chi connectivity index (χ3v) is 8.31. The lowest BCUT2D eigenvalue weighted by atomic mass is 9.96. The van der Waals surface area contributed by atoms with Crippen LogP contribution in [0.5, 0.6) is 0 Å². The molecule has 0 spiro atoms. The molecule has 2 fully saturated rings. The number of alkyl halides is 3. The second-order valence-corrected chi connectivity index (χ2v) is 10.5. The van der Waals surface area contributed by atoms with Crippen LogP contribution in [0.3, 0.4) is 0 Å². The Morgan fingerprint density at radius 3 is 2.23 bits per heavy atom. The molecule has 3 unspecified atom stereocenters. The van der Waals surface area contributed by atoms with Crippen molar-refractivity contribution in [2.24, 2.45) is 11.1 Å². The topological polar surface area (TPSA) is 107 Å². The normalized spacial score (nSPS) is 26.2. The van der Waals surface area contributed by atoms with E-state index in [9.17, 15) is 31.8 Å². The highest BCUT2D eigenvalue weighted by atomic mass is 32.2. The van der Waals surface area contributed by atoms with Gasteiger partial charge in [0.05, 0.1) is 4.90 Å². The average molecular weight is 452 g/mol. The molecule has 0 amide bonds. The molecule has 170 valence electrons. The van der Waals surface area contributed by atoms with Crippen LogP contribution in [-0.4, -0.2) is 72.5 Å². The zero-order chi connectivity index (χ0) is 22.5. The molecule has 2 aliphatic rings. The number of nitrogens with two attached hydrogens (primary N) is 1. The Balaban J connectivity index is 1.72. The van der Waals surface area contributed by atoms with Gasteiger partial charge in [-0.05, 0) is 44.4 Å². The number of hydrogen-bond donors (Lipinski definition) is 3. The summed E-state index contributed by atoms with van der Waals surface area (Å²) in [6.45, 7) is 4.16. The summed E-state index contributed by atoms with van der Waals surface area (Å²) in [6, 6.07) is 3.80. The fourth-order valence-corrected chi connectivity index (χ4v) is 5.53. The van der Waals surface area contributed by atoms with Crippen LogP contribution in [-0.2, 0) is 15.6 Å². The number of rotatable bonds is 6. The molecule has 0 aromatic heterocycles. The highest BCUT2D eigenvalue weighted by Gasteiger charge is 2.51. The van der Waals surface area contributed by atoms with Crippen molar-refractivity contribution in [1.29, 1.82) is 0 Å². The van der Waals surface area contributed by atoms with Gasteiger partial charge in [-0.15, -0.1) is 0 Å². The molecular formula is C19H28F3N3O4S. The van der Waals surface area contributed by atoms with Gasteiger partial charge in [0.15, 0.2) is 5.60 Å². The predicted molar refractivity (Wildman–Crippen MR) is 104 cm³/mol. The largest absolute Gasteiger partial charge is 0.421 e. The lowest BCUT2D eigenvalue weighted by molar-refractivity contribution is -0.258. The number of aliphatic hydroxyl groups is 2. The van der Waals surface area contributed by atoms with Gasteiger partial charge in [-0.2, -0.15) is 17.5 Å². The van der Waals surface area contributed by atoms with Gasteiger partial charge in [0.25, 0.3) is 0 Å². The predicted octanol–water partition coefficient (Wildman–Crippen LogP) is 1.21. The molecule has 0 bridgehead atoms. The number of nitrogens with zero attached hydrogens (tertiary/aromatic N) is 2. The molecule has 1 saturated carbocycles. The Bertz CT molecular complexity index is 868. The van der Waals surface area contributed by atoms with Crippen LogP contribution in [0.15, 0.2) is 29.2 Å². The molecule has 0 radical (unpaired) electrons. The Morgan fingerprint density at radius 1 is 1.23 bits per heavy atom. The van der Waals surface area contributed by atoms with Gasteiger partial charge >= 0.3 is 6.18 Å². The Labute approximate surface area is 174 Å². The molecule has 7 nitrogen and oxygen atoms in total. The summed E-state index contributed by atoms with van der Waals surface area (Å²) in [5.74, 6) is 0. The van der Waals surface area contributed by atoms with Gasteiger partial charge in [0, 0.05) is 37.6 Å². The third kappa shape index (κ3) is 4.23. The Morgan fingerprint density at radius 2 is 1.80 bits per heavy atom. The minimum Gasteiger partial charge on any atom is -0.378 e. The van der Waals surface area contributed by atoms with Crippen LogP contribution in [0.1, 0.15) is 32.3 Å². The summed E-state index contributed by atoms with van der Waals surface area (Å²) >= 11 is 0. The number of benzene rings is 1. The minimum atomic E-state index is -4.88. The summed E-state index contributed by atoms with van der Waals surface area (Å²) in [5, 5.41) is 19.5. The smallest absolute Gasteiger partial charge is 0.378 e. The molecule has 1 aromatic rings. The van der Waals surface area contributed by atoms with E-state index < -0.39 is 33.6 Å². The molecule has 1 aliphatic carbocycles. The first-order valence-corrected chi connectivity index (χ1v) is 11.2. The summed E-state index contributed by atoms with van der Waals surface area (Å²) in [4.78, 5) is 1.96. The van der Waals surface area contributed by atoms with Crippen molar-refractivity contribution >= 4 is 10.0 Å². The van der Waals surface area contributed by atoms with E-state index in [-0.39, 0.29) is 22.9 Å². The van der Waals surface area contributed by atoms with Crippen LogP contribution in [0, 0.1) is 5.41 Å². The summed E-state index contributed by atoms with van der Waals surface area (Å²) in [6.07, 6.45) is -4.10. The lowest BCUT2D eigenvalue weighted by Gasteiger charge is -2.40. The fraction of sp³-hybridized carbons (Fsp3) is 0.684. The summed E-state index contributed by atoms with van der Waals surface area (Å²) in [5.41, 5.74) is 1.85. The van der Waals surface area contributed by atoms with Crippen molar-refractivity contribution in [3.05, 3.63) is 29.8 Å². The monoisotopic (exact) mass is 451 g/mol. The maximum atomic E-state index is 13.0. The van der Waals surface area contributed by atoms with E-state index in [2.05, 4.69) is 4.90 Å². The van der Waals surface area contributed by atoms with E-state index >= 15 is 0 Å². The first-order chi connectivity index (χ1) is 13.7. The number of aliphatic hydroxyl groups excluding tert-OH is 1. The number of hydrogen-bond acceptors (Lipinski definition) is 6. The number of halogens is 3. The lowest BCUT2D eigenvalue weighted by Crippen LogP contribution is -2.55. The first kappa shape index (κ1) is 23.4. The van der Waals surface area contributed by atoms with Crippen LogP contribution < -0.4 is 5.73 Å². The van der Waals surface area contributed by atoms with Crippen molar-refractivity contribution in [1.82, 2.24) is 9.21 Å². The zero-order valence-electron chi connectivity index (χ0n) is 16.9. The van der Waals surface area contributed by atoms with E-state index in [4.69, 9.17) is 5.73 Å². The molecule has 1 aromatic carbocycles. The second kappa shape index (κ2) is 7.72. The number of sulfonamides is 1. The van der Waals surface area contributed by atoms with E-state index in [1.165, 1.54) is 4.31 Å². The third-order valence-electron chi connectivity index (χ3n) is 6.28. The van der Waals surface area contributed by atoms with Crippen molar-refractivity contribution in [3.63, 3.8) is 0 Å². The van der Waals surface area contributed by atoms with Gasteiger partial charge in [-0.1, -0.05) is 12.1 Å². The van der Waals surface area contributed by atoms with Gasteiger partial charge < -0.3 is 15.9 Å². The fourth-order valence-electron chi connectivity index (χ4n) is 3.92. The zero-order valence-corrected chi connectivity index (χ0v) is 17.7. The van der Waals surface area contributed by atoms with Gasteiger partial charge in [-0.25, -0.2) is 8.42 Å². The average Bonchev–Trinajstić information content (AvgIpc) is 3.41. The molecule has 30 heavy (non-hydrogen) atoms. The standard InChI is InChI=1S/C19H28F3N3O4S/c1-13-11-24(12-18(7-8-18)16(23)26)9-10-25(13)30(28,29)15-5-3-14(4-6-15)17(2,27)19(20,21)22/h3-6,13,16,26-27H,7-12,23H2,1-2H3. The highest BCUT2D eigenvalue weighted by molar-refractivity contribution is 7.89. The maximum absolute atomic E-state index is 13.0. The molecule has 11 heteroatoms. The summed E-state index contributed by atoms with van der Waals surface area (Å²) in [7, 11) is -3.91. The van der Waals surface area contributed by atoms with Crippen LogP contribution in [0.4, 0.5) is 13.2 Å². The maximum Gasteiger partial charge on any atom is 0.421 e. The molecule has 3 atom stereocenters. The Hall–Kier alpha value is -1.24. The number of piperazine rings is 1. The van der Waals surface area contributed by atoms with Gasteiger partial charge in [0.1, 0.15) is 6.23 Å². The Kier molecular flexibility index (Phi) is 6.02. The van der Waals surface area contributed by atoms with Crippen LogP contribution in [0.25, 0.3) is 0 Å². The van der Waals surface area contributed by atoms with Crippen LogP contribution in [0.2, 0.25) is 0 Å². The molecule has 1 heterocycles. The highest BCUT2D eigenvalue weighted by Crippen LogP contribution is 2.48. The summed E-state index contributed by atoms with van der Waals surface area (Å²) < 4.78 is 66.4. The molecule has 3 rings (SSSR count). The first-order valence-electron chi connectivity index (χ1n) is 9.78. The van der Waals surface area contributed by atoms with Gasteiger partial charge in [-0.3, -0.25) is 4.90 Å². The van der Waals surface area contributed by atoms with Crippen molar-refractivity contribution in [2.75, 3.05) is 26.2 Å². The molecule has 1 aliphatic heterocycles. The van der Waals surface area contributed by atoms with E-state index in [0.717, 1.165) is 37.1 Å². The quantitative estimate of drug-likeness (QED) is 0.562. The SMILES string of the molecule is CC1CN(CC2(C(N)O)CC2)CCN1S(=O)(=O)c1ccc(C(C)(O)C(F)(F)F)cc1. The molecular weight excluding hydrogens is 423 g/mol. The van der Waals surface area contributed by atoms with Crippen molar-refractivity contribution < 1.29 is 31.8 Å². The van der Waals surface area contributed by atoms with E-state index in [1.807, 2.05) is 0 Å². The second-order valence-electron chi connectivity index (χ2n) is 8.60. The van der Waals surface area contributed by atoms with Crippen LogP contribution >= 0.6 is 0 Å². The van der Waals surface area contributed by atoms with Gasteiger partial charge in [0.2, 0.25) is 10.0 Å².